The number of quaternary nitrogens is 1. The van der Waals surface area contributed by atoms with Crippen molar-refractivity contribution in [2.75, 3.05) is 40.9 Å². The molecule has 0 spiro atoms. The van der Waals surface area contributed by atoms with Crippen molar-refractivity contribution < 1.29 is 32.9 Å². The van der Waals surface area contributed by atoms with Gasteiger partial charge in [0.25, 0.3) is 0 Å². The summed E-state index contributed by atoms with van der Waals surface area (Å²) in [6.45, 7) is 4.84. The molecule has 3 unspecified atom stereocenters. The summed E-state index contributed by atoms with van der Waals surface area (Å²) in [4.78, 5) is 23.3. The predicted octanol–water partition coefficient (Wildman–Crippen LogP) is 19.7. The molecule has 0 bridgehead atoms. The van der Waals surface area contributed by atoms with Crippen LogP contribution < -0.4 is 5.32 Å². The van der Waals surface area contributed by atoms with Gasteiger partial charge in [0.15, 0.2) is 0 Å². The van der Waals surface area contributed by atoms with Crippen molar-refractivity contribution in [1.29, 1.82) is 0 Å². The highest BCUT2D eigenvalue weighted by atomic mass is 31.2. The van der Waals surface area contributed by atoms with Crippen LogP contribution in [0.4, 0.5) is 0 Å². The normalized spacial score (nSPS) is 14.0. The SMILES string of the molecule is CCCCCCCCCCCCCC/C=C\CCCCCCCCCCCCCCCCCCC(=O)NC(COP(=O)(O)OCC[N+](C)(C)C)C(O)/C=C/CC/C=C/CCCCCCCCCCCCCCC. The first-order valence-electron chi connectivity index (χ1n) is 31.9. The molecule has 432 valence electrons. The van der Waals surface area contributed by atoms with Gasteiger partial charge in [-0.1, -0.05) is 288 Å². The molecular formula is C64H126N2O6P+. The van der Waals surface area contributed by atoms with Crippen LogP contribution in [0.15, 0.2) is 36.5 Å². The van der Waals surface area contributed by atoms with Crippen molar-refractivity contribution in [3.63, 3.8) is 0 Å². The molecule has 0 radical (unpaired) electrons. The van der Waals surface area contributed by atoms with E-state index in [1.54, 1.807) is 6.08 Å². The summed E-state index contributed by atoms with van der Waals surface area (Å²) in [6, 6.07) is -0.863. The molecule has 0 saturated heterocycles. The second-order valence-corrected chi connectivity index (χ2v) is 24.6. The minimum absolute atomic E-state index is 0.0576. The lowest BCUT2D eigenvalue weighted by Crippen LogP contribution is -2.45. The van der Waals surface area contributed by atoms with Crippen LogP contribution in [0.1, 0.15) is 316 Å². The third-order valence-electron chi connectivity index (χ3n) is 14.6. The van der Waals surface area contributed by atoms with Crippen LogP contribution in [0, 0.1) is 0 Å². The number of carbonyl (C=O) groups is 1. The number of aliphatic hydroxyl groups excluding tert-OH is 1. The van der Waals surface area contributed by atoms with Gasteiger partial charge in [0.05, 0.1) is 39.9 Å². The van der Waals surface area contributed by atoms with Gasteiger partial charge >= 0.3 is 7.82 Å². The van der Waals surface area contributed by atoms with Gasteiger partial charge in [0.2, 0.25) is 5.91 Å². The van der Waals surface area contributed by atoms with Crippen LogP contribution in [-0.4, -0.2) is 73.4 Å². The fraction of sp³-hybridized carbons (Fsp3) is 0.891. The fourth-order valence-electron chi connectivity index (χ4n) is 9.59. The van der Waals surface area contributed by atoms with E-state index in [0.29, 0.717) is 17.4 Å². The van der Waals surface area contributed by atoms with E-state index >= 15 is 0 Å². The van der Waals surface area contributed by atoms with Gasteiger partial charge in [0, 0.05) is 6.42 Å². The van der Waals surface area contributed by atoms with Gasteiger partial charge in [-0.25, -0.2) is 4.57 Å². The minimum Gasteiger partial charge on any atom is -0.387 e. The molecule has 0 aliphatic heterocycles. The Kier molecular flexibility index (Phi) is 54.5. The minimum atomic E-state index is -4.36. The van der Waals surface area contributed by atoms with Gasteiger partial charge < -0.3 is 19.8 Å². The van der Waals surface area contributed by atoms with Crippen molar-refractivity contribution in [1.82, 2.24) is 5.32 Å². The van der Waals surface area contributed by atoms with E-state index in [9.17, 15) is 19.4 Å². The molecule has 8 nitrogen and oxygen atoms in total. The fourth-order valence-corrected chi connectivity index (χ4v) is 10.3. The van der Waals surface area contributed by atoms with Crippen LogP contribution in [0.2, 0.25) is 0 Å². The monoisotopic (exact) mass is 1050 g/mol. The second kappa shape index (κ2) is 55.5. The summed E-state index contributed by atoms with van der Waals surface area (Å²) >= 11 is 0. The molecular weight excluding hydrogens is 924 g/mol. The zero-order valence-electron chi connectivity index (χ0n) is 49.4. The number of likely N-dealkylation sites (N-methyl/N-ethyl adjacent to an activating group) is 1. The van der Waals surface area contributed by atoms with Crippen molar-refractivity contribution in [2.24, 2.45) is 0 Å². The molecule has 0 aromatic rings. The highest BCUT2D eigenvalue weighted by molar-refractivity contribution is 7.47. The number of phosphoric ester groups is 1. The lowest BCUT2D eigenvalue weighted by molar-refractivity contribution is -0.870. The molecule has 0 heterocycles. The van der Waals surface area contributed by atoms with Gasteiger partial charge in [-0.3, -0.25) is 13.8 Å². The Morgan fingerprint density at radius 2 is 0.753 bits per heavy atom. The number of phosphoric acid groups is 1. The number of nitrogens with zero attached hydrogens (tertiary/aromatic N) is 1. The van der Waals surface area contributed by atoms with Crippen LogP contribution in [-0.2, 0) is 18.4 Å². The van der Waals surface area contributed by atoms with Gasteiger partial charge in [0.1, 0.15) is 13.2 Å². The molecule has 0 aliphatic rings. The lowest BCUT2D eigenvalue weighted by Gasteiger charge is -2.25. The van der Waals surface area contributed by atoms with E-state index < -0.39 is 20.0 Å². The highest BCUT2D eigenvalue weighted by Crippen LogP contribution is 2.43. The van der Waals surface area contributed by atoms with E-state index in [0.717, 1.165) is 38.5 Å². The zero-order chi connectivity index (χ0) is 53.5. The first-order chi connectivity index (χ1) is 35.5. The number of amides is 1. The molecule has 0 saturated carbocycles. The standard InChI is InChI=1S/C64H125N2O6P/c1-6-8-10-12-14-16-18-20-22-24-26-27-28-29-30-31-32-33-34-35-36-37-38-40-42-44-46-48-50-52-54-56-58-64(68)65-62(61-72-73(69,70)71-60-59-66(3,4)5)63(67)57-55-53-51-49-47-45-43-41-39-25-23-21-19-17-15-13-11-9-7-2/h29-30,47,49,55,57,62-63,67H,6-28,31-46,48,50-54,56,58-61H2,1-5H3,(H-,65,68,69,70)/p+1/b30-29-,49-47+,57-55+. The molecule has 0 aliphatic carbocycles. The number of hydrogen-bond acceptors (Lipinski definition) is 5. The Morgan fingerprint density at radius 1 is 0.452 bits per heavy atom. The topological polar surface area (TPSA) is 105 Å². The Hall–Kier alpha value is -1.28. The Balaban J connectivity index is 4.08. The summed E-state index contributed by atoms with van der Waals surface area (Å²) in [7, 11) is 1.57. The largest absolute Gasteiger partial charge is 0.472 e. The van der Waals surface area contributed by atoms with Crippen molar-refractivity contribution in [3.05, 3.63) is 36.5 Å². The summed E-state index contributed by atoms with van der Waals surface area (Å²) in [5, 5.41) is 13.9. The van der Waals surface area contributed by atoms with Crippen molar-refractivity contribution in [3.8, 4) is 0 Å². The molecule has 0 aromatic carbocycles. The molecule has 9 heteroatoms. The maximum Gasteiger partial charge on any atom is 0.472 e. The van der Waals surface area contributed by atoms with E-state index in [4.69, 9.17) is 9.05 Å². The molecule has 3 atom stereocenters. The van der Waals surface area contributed by atoms with Crippen LogP contribution in [0.5, 0.6) is 0 Å². The van der Waals surface area contributed by atoms with Crippen LogP contribution in [0.3, 0.4) is 0 Å². The van der Waals surface area contributed by atoms with Gasteiger partial charge in [-0.2, -0.15) is 0 Å². The first kappa shape index (κ1) is 71.7. The van der Waals surface area contributed by atoms with Gasteiger partial charge in [-0.15, -0.1) is 0 Å². The maximum atomic E-state index is 13.0. The maximum absolute atomic E-state index is 13.0. The average molecular weight is 1050 g/mol. The molecule has 1 amide bonds. The zero-order valence-corrected chi connectivity index (χ0v) is 50.3. The second-order valence-electron chi connectivity index (χ2n) is 23.1. The third kappa shape index (κ3) is 58.2. The highest BCUT2D eigenvalue weighted by Gasteiger charge is 2.27. The molecule has 0 rings (SSSR count). The Labute approximate surface area is 455 Å². The molecule has 0 aromatic heterocycles. The van der Waals surface area contributed by atoms with Crippen LogP contribution in [0.25, 0.3) is 0 Å². The number of unbranched alkanes of at least 4 members (excludes halogenated alkanes) is 42. The van der Waals surface area contributed by atoms with E-state index in [1.165, 1.54) is 257 Å². The molecule has 73 heavy (non-hydrogen) atoms. The molecule has 3 N–H and O–H groups in total. The smallest absolute Gasteiger partial charge is 0.387 e. The number of rotatable bonds is 59. The summed E-state index contributed by atoms with van der Waals surface area (Å²) in [5.41, 5.74) is 0. The molecule has 0 fully saturated rings. The number of hydrogen-bond donors (Lipinski definition) is 3. The van der Waals surface area contributed by atoms with E-state index in [1.807, 2.05) is 27.2 Å². The Bertz CT molecular complexity index is 1280. The van der Waals surface area contributed by atoms with E-state index in [2.05, 4.69) is 43.5 Å². The average Bonchev–Trinajstić information content (AvgIpc) is 3.35. The van der Waals surface area contributed by atoms with Crippen molar-refractivity contribution in [2.45, 2.75) is 328 Å². The number of aliphatic hydroxyl groups is 1. The van der Waals surface area contributed by atoms with Gasteiger partial charge in [-0.05, 0) is 57.8 Å². The predicted molar refractivity (Wildman–Crippen MR) is 318 cm³/mol. The van der Waals surface area contributed by atoms with E-state index in [-0.39, 0.29) is 19.1 Å². The quantitative estimate of drug-likeness (QED) is 0.0243. The third-order valence-corrected chi connectivity index (χ3v) is 15.6. The summed E-state index contributed by atoms with van der Waals surface area (Å²) in [5.74, 6) is -0.182. The van der Waals surface area contributed by atoms with Crippen LogP contribution >= 0.6 is 7.82 Å². The Morgan fingerprint density at radius 3 is 1.10 bits per heavy atom. The summed E-state index contributed by atoms with van der Waals surface area (Å²) < 4.78 is 23.7. The first-order valence-corrected chi connectivity index (χ1v) is 33.4. The lowest BCUT2D eigenvalue weighted by atomic mass is 10.0. The van der Waals surface area contributed by atoms with Crippen molar-refractivity contribution >= 4 is 13.7 Å². The number of allylic oxidation sites excluding steroid dienone is 5. The summed E-state index contributed by atoms with van der Waals surface area (Å²) in [6.07, 6.45) is 72.8. The number of nitrogens with one attached hydrogen (secondary N) is 1. The number of carbonyl (C=O) groups excluding carboxylic acids is 1.